The number of nitrogens with one attached hydrogen (secondary N) is 1. The van der Waals surface area contributed by atoms with Gasteiger partial charge in [-0.05, 0) is 53.5 Å². The van der Waals surface area contributed by atoms with Gasteiger partial charge in [-0.15, -0.1) is 0 Å². The van der Waals surface area contributed by atoms with E-state index in [0.29, 0.717) is 37.4 Å². The topological polar surface area (TPSA) is 78.9 Å². The van der Waals surface area contributed by atoms with Crippen molar-refractivity contribution in [2.24, 2.45) is 0 Å². The molecule has 2 atom stereocenters. The Bertz CT molecular complexity index is 1240. The van der Waals surface area contributed by atoms with Crippen LogP contribution in [0.2, 0.25) is 0 Å². The zero-order chi connectivity index (χ0) is 23.5. The van der Waals surface area contributed by atoms with Gasteiger partial charge in [0, 0.05) is 31.5 Å². The molecule has 34 heavy (non-hydrogen) atoms. The Kier molecular flexibility index (Phi) is 6.04. The van der Waals surface area contributed by atoms with Crippen LogP contribution in [0.5, 0.6) is 17.2 Å². The van der Waals surface area contributed by atoms with Gasteiger partial charge in [-0.25, -0.2) is 0 Å². The van der Waals surface area contributed by atoms with Crippen molar-refractivity contribution in [2.75, 3.05) is 13.1 Å². The molecule has 1 fully saturated rings. The van der Waals surface area contributed by atoms with Crippen molar-refractivity contribution in [3.05, 3.63) is 95.6 Å². The summed E-state index contributed by atoms with van der Waals surface area (Å²) in [6.45, 7) is 0.930. The molecule has 2 amide bonds. The number of benzene rings is 3. The number of likely N-dealkylation sites (tertiary alicyclic amines) is 1. The maximum absolute atomic E-state index is 13.0. The highest BCUT2D eigenvalue weighted by Gasteiger charge is 2.36. The zero-order valence-corrected chi connectivity index (χ0v) is 18.7. The summed E-state index contributed by atoms with van der Waals surface area (Å²) in [5, 5.41) is 13.4. The first-order valence-corrected chi connectivity index (χ1v) is 11.5. The number of carbonyl (C=O) groups excluding carboxylic acids is 2. The number of hydrogen-bond acceptors (Lipinski definition) is 4. The van der Waals surface area contributed by atoms with Gasteiger partial charge in [-0.3, -0.25) is 9.59 Å². The lowest BCUT2D eigenvalue weighted by Gasteiger charge is -2.20. The molecular weight excluding hydrogens is 428 g/mol. The van der Waals surface area contributed by atoms with Crippen molar-refractivity contribution >= 4 is 17.9 Å². The van der Waals surface area contributed by atoms with Crippen LogP contribution in [0.1, 0.15) is 29.0 Å². The van der Waals surface area contributed by atoms with E-state index < -0.39 is 0 Å². The molecule has 2 N–H and O–H groups in total. The van der Waals surface area contributed by atoms with Crippen LogP contribution < -0.4 is 10.1 Å². The van der Waals surface area contributed by atoms with Crippen LogP contribution in [0.3, 0.4) is 0 Å². The van der Waals surface area contributed by atoms with Gasteiger partial charge in [0.25, 0.3) is 0 Å². The van der Waals surface area contributed by atoms with E-state index in [1.54, 1.807) is 29.2 Å². The largest absolute Gasteiger partial charge is 0.504 e. The Morgan fingerprint density at radius 3 is 2.71 bits per heavy atom. The van der Waals surface area contributed by atoms with E-state index in [2.05, 4.69) is 5.32 Å². The van der Waals surface area contributed by atoms with Crippen molar-refractivity contribution in [3.63, 3.8) is 0 Å². The number of amides is 2. The minimum atomic E-state index is -0.200. The molecule has 6 nitrogen and oxygen atoms in total. The summed E-state index contributed by atoms with van der Waals surface area (Å²) in [6, 6.07) is 22.3. The van der Waals surface area contributed by atoms with Gasteiger partial charge in [0.05, 0.1) is 6.04 Å². The summed E-state index contributed by atoms with van der Waals surface area (Å²) in [6.07, 6.45) is 4.24. The predicted molar refractivity (Wildman–Crippen MR) is 130 cm³/mol. The number of phenols is 1. The van der Waals surface area contributed by atoms with Crippen molar-refractivity contribution in [1.29, 1.82) is 0 Å². The third-order valence-electron chi connectivity index (χ3n) is 6.37. The van der Waals surface area contributed by atoms with Gasteiger partial charge in [0.2, 0.25) is 11.8 Å². The highest BCUT2D eigenvalue weighted by atomic mass is 16.5. The first-order valence-electron chi connectivity index (χ1n) is 11.5. The maximum Gasteiger partial charge on any atom is 0.246 e. The second-order valence-corrected chi connectivity index (χ2v) is 8.74. The Balaban J connectivity index is 1.42. The monoisotopic (exact) mass is 454 g/mol. The normalized spacial score (nSPS) is 19.9. The molecule has 0 aliphatic carbocycles. The summed E-state index contributed by atoms with van der Waals surface area (Å²) in [4.78, 5) is 27.5. The molecule has 1 saturated heterocycles. The zero-order valence-electron chi connectivity index (χ0n) is 18.7. The SMILES string of the molecule is O=C1CCc2ccc(O)c(c2)Oc2cccc(c2)[C@@H]2CN(C(=O)/C=C/c3ccccc3)C[C@H]2N1. The molecule has 5 rings (SSSR count). The molecular formula is C28H26N2O4. The average Bonchev–Trinajstić information content (AvgIpc) is 3.27. The van der Waals surface area contributed by atoms with Crippen molar-refractivity contribution in [3.8, 4) is 17.2 Å². The number of carbonyl (C=O) groups is 2. The number of rotatable bonds is 2. The molecule has 3 aromatic rings. The van der Waals surface area contributed by atoms with Gasteiger partial charge in [-0.1, -0.05) is 48.5 Å². The van der Waals surface area contributed by atoms with Crippen LogP contribution in [-0.2, 0) is 16.0 Å². The fourth-order valence-corrected chi connectivity index (χ4v) is 4.57. The predicted octanol–water partition coefficient (Wildman–Crippen LogP) is 4.25. The smallest absolute Gasteiger partial charge is 0.246 e. The van der Waals surface area contributed by atoms with E-state index in [9.17, 15) is 14.7 Å². The van der Waals surface area contributed by atoms with Crippen molar-refractivity contribution in [1.82, 2.24) is 10.2 Å². The maximum atomic E-state index is 13.0. The summed E-state index contributed by atoms with van der Waals surface area (Å²) in [7, 11) is 0. The van der Waals surface area contributed by atoms with Gasteiger partial charge in [-0.2, -0.15) is 0 Å². The molecule has 0 saturated carbocycles. The molecule has 0 unspecified atom stereocenters. The van der Waals surface area contributed by atoms with E-state index in [1.165, 1.54) is 0 Å². The third-order valence-corrected chi connectivity index (χ3v) is 6.37. The molecule has 172 valence electrons. The lowest BCUT2D eigenvalue weighted by atomic mass is 9.94. The number of fused-ring (bicyclic) bond motifs is 6. The van der Waals surface area contributed by atoms with E-state index >= 15 is 0 Å². The van der Waals surface area contributed by atoms with E-state index in [1.807, 2.05) is 60.7 Å². The first kappa shape index (κ1) is 21.8. The number of phenolic OH excluding ortho intramolecular Hbond substituents is 1. The highest BCUT2D eigenvalue weighted by Crippen LogP contribution is 2.35. The second-order valence-electron chi connectivity index (χ2n) is 8.74. The van der Waals surface area contributed by atoms with Crippen molar-refractivity contribution in [2.45, 2.75) is 24.8 Å². The van der Waals surface area contributed by atoms with Crippen LogP contribution in [0.25, 0.3) is 6.08 Å². The number of nitrogens with zero attached hydrogens (tertiary/aromatic N) is 1. The molecule has 4 bridgehead atoms. The minimum absolute atomic E-state index is 0.0502. The lowest BCUT2D eigenvalue weighted by molar-refractivity contribution is -0.126. The Morgan fingerprint density at radius 1 is 1.00 bits per heavy atom. The van der Waals surface area contributed by atoms with Crippen LogP contribution >= 0.6 is 0 Å². The fourth-order valence-electron chi connectivity index (χ4n) is 4.57. The van der Waals surface area contributed by atoms with Crippen LogP contribution in [-0.4, -0.2) is 41.0 Å². The lowest BCUT2D eigenvalue weighted by Crippen LogP contribution is -2.40. The number of aromatic hydroxyl groups is 1. The van der Waals surface area contributed by atoms with Gasteiger partial charge < -0.3 is 20.1 Å². The van der Waals surface area contributed by atoms with E-state index in [0.717, 1.165) is 16.7 Å². The van der Waals surface area contributed by atoms with Gasteiger partial charge in [0.15, 0.2) is 11.5 Å². The van der Waals surface area contributed by atoms with E-state index in [4.69, 9.17) is 4.74 Å². The van der Waals surface area contributed by atoms with Crippen molar-refractivity contribution < 1.29 is 19.4 Å². The Morgan fingerprint density at radius 2 is 1.85 bits per heavy atom. The molecule has 3 aromatic carbocycles. The quantitative estimate of drug-likeness (QED) is 0.568. The molecule has 0 aromatic heterocycles. The van der Waals surface area contributed by atoms with Gasteiger partial charge >= 0.3 is 0 Å². The minimum Gasteiger partial charge on any atom is -0.504 e. The molecule has 2 aliphatic heterocycles. The van der Waals surface area contributed by atoms with Crippen LogP contribution in [0.15, 0.2) is 78.9 Å². The summed E-state index contributed by atoms with van der Waals surface area (Å²) in [5.74, 6) is 0.797. The van der Waals surface area contributed by atoms with Crippen LogP contribution in [0.4, 0.5) is 0 Å². The third kappa shape index (κ3) is 4.81. The van der Waals surface area contributed by atoms with Crippen LogP contribution in [0, 0.1) is 0 Å². The Hall–Kier alpha value is -4.06. The molecule has 2 aliphatic rings. The first-order chi connectivity index (χ1) is 16.5. The number of hydrogen-bond donors (Lipinski definition) is 2. The fraction of sp³-hybridized carbons (Fsp3) is 0.214. The number of ether oxygens (including phenoxy) is 1. The van der Waals surface area contributed by atoms with E-state index in [-0.39, 0.29) is 29.5 Å². The molecule has 6 heteroatoms. The van der Waals surface area contributed by atoms with Gasteiger partial charge in [0.1, 0.15) is 5.75 Å². The Labute approximate surface area is 198 Å². The second kappa shape index (κ2) is 9.43. The molecule has 0 radical (unpaired) electrons. The molecule has 2 heterocycles. The number of aryl methyl sites for hydroxylation is 1. The summed E-state index contributed by atoms with van der Waals surface area (Å²) >= 11 is 0. The summed E-state index contributed by atoms with van der Waals surface area (Å²) < 4.78 is 5.99. The summed E-state index contributed by atoms with van der Waals surface area (Å²) in [5.41, 5.74) is 2.84. The average molecular weight is 455 g/mol. The molecule has 0 spiro atoms. The highest BCUT2D eigenvalue weighted by molar-refractivity contribution is 5.92. The standard InChI is InChI=1S/C28H26N2O4/c31-25-12-9-20-10-13-27(32)29-24-18-30(28(33)14-11-19-5-2-1-3-6-19)17-23(24)21-7-4-8-22(16-21)34-26(25)15-20/h1-9,11-12,14-16,23-24,31H,10,13,17-18H2,(H,29,32)/b14-11+/t23-,24+/m0/s1.